The van der Waals surface area contributed by atoms with Gasteiger partial charge in [0, 0.05) is 47.3 Å². The molecule has 4 bridgehead atoms. The number of ether oxygens (including phenoxy) is 6. The summed E-state index contributed by atoms with van der Waals surface area (Å²) >= 11 is 1.77. The monoisotopic (exact) mass is 707 g/mol. The van der Waals surface area contributed by atoms with Crippen LogP contribution in [0.3, 0.4) is 0 Å². The minimum absolute atomic E-state index is 0.0111. The lowest BCUT2D eigenvalue weighted by molar-refractivity contribution is -0.122. The molecule has 0 fully saturated rings. The molecule has 0 aliphatic carbocycles. The van der Waals surface area contributed by atoms with Crippen LogP contribution in [0.1, 0.15) is 35.7 Å². The highest BCUT2D eigenvalue weighted by molar-refractivity contribution is 7.15. The fraction of sp³-hybridized carbons (Fsp3) is 0.486. The van der Waals surface area contributed by atoms with E-state index in [0.29, 0.717) is 89.8 Å². The molecule has 1 amide bonds. The number of likely N-dealkylation sites (N-methyl/N-ethyl adjacent to an activating group) is 1. The summed E-state index contributed by atoms with van der Waals surface area (Å²) in [5.74, 6) is 2.53. The van der Waals surface area contributed by atoms with Gasteiger partial charge in [0.15, 0.2) is 11.5 Å². The predicted molar refractivity (Wildman–Crippen MR) is 195 cm³/mol. The van der Waals surface area contributed by atoms with Gasteiger partial charge in [0.2, 0.25) is 5.91 Å². The number of amides is 1. The third kappa shape index (κ3) is 11.1. The Kier molecular flexibility index (Phi) is 14.6. The van der Waals surface area contributed by atoms with Crippen LogP contribution in [-0.2, 0) is 30.3 Å². The summed E-state index contributed by atoms with van der Waals surface area (Å²) in [6.07, 6.45) is 0.315. The SMILES string of the molecule is COc1cc2nc(C)nc3c2cc1OCCOCCOCCOCCNC(=O)CCOCCN(C)Cc1ccccc1-c1ccc(s1)C(C)N3. The minimum Gasteiger partial charge on any atom is -0.493 e. The zero-order chi connectivity index (χ0) is 35.1. The molecular formula is C37H49N5O7S. The highest BCUT2D eigenvalue weighted by Crippen LogP contribution is 2.38. The van der Waals surface area contributed by atoms with Crippen molar-refractivity contribution in [1.29, 1.82) is 0 Å². The molecule has 2 aromatic heterocycles. The number of aryl methyl sites for hydroxylation is 1. The summed E-state index contributed by atoms with van der Waals surface area (Å²) in [7, 11) is 3.71. The Labute approximate surface area is 298 Å². The Morgan fingerprint density at radius 2 is 1.64 bits per heavy atom. The number of hydrogen-bond donors (Lipinski definition) is 2. The molecule has 1 unspecified atom stereocenters. The standard InChI is InChI=1S/C37H49N5O7S/c1-26-34-9-10-35(50-34)29-8-6-5-7-28(29)25-42(3)13-16-45-14-11-36(43)38-12-15-46-17-18-47-19-20-48-21-22-49-33-23-30-31(24-32(33)44-4)40-27(2)41-37(30)39-26/h5-10,23-24,26H,11-22,25H2,1-4H3,(H,38,43)(H,39,40,41). The first-order chi connectivity index (χ1) is 24.4. The van der Waals surface area contributed by atoms with E-state index in [1.807, 2.05) is 19.1 Å². The number of fused-ring (bicyclic) bond motifs is 5. The number of carbonyl (C=O) groups excluding carboxylic acids is 1. The average Bonchev–Trinajstić information content (AvgIpc) is 3.60. The molecule has 1 aliphatic rings. The molecule has 12 nitrogen and oxygen atoms in total. The van der Waals surface area contributed by atoms with Crippen LogP contribution in [0.15, 0.2) is 48.5 Å². The van der Waals surface area contributed by atoms with Gasteiger partial charge in [0.05, 0.1) is 71.5 Å². The summed E-state index contributed by atoms with van der Waals surface area (Å²) in [5, 5.41) is 7.35. The van der Waals surface area contributed by atoms with Gasteiger partial charge in [-0.15, -0.1) is 11.3 Å². The predicted octanol–water partition coefficient (Wildman–Crippen LogP) is 5.25. The molecule has 2 N–H and O–H groups in total. The first-order valence-corrected chi connectivity index (χ1v) is 17.9. The number of thiophene rings is 1. The van der Waals surface area contributed by atoms with Crippen molar-refractivity contribution in [2.75, 3.05) is 92.0 Å². The van der Waals surface area contributed by atoms with E-state index in [4.69, 9.17) is 33.4 Å². The molecule has 13 heteroatoms. The summed E-state index contributed by atoms with van der Waals surface area (Å²) in [5.41, 5.74) is 3.22. The first kappa shape index (κ1) is 37.4. The molecule has 1 atom stereocenters. The van der Waals surface area contributed by atoms with Gasteiger partial charge >= 0.3 is 0 Å². The molecule has 3 heterocycles. The van der Waals surface area contributed by atoms with Crippen molar-refractivity contribution in [3.63, 3.8) is 0 Å². The lowest BCUT2D eigenvalue weighted by Gasteiger charge is -2.19. The van der Waals surface area contributed by atoms with Gasteiger partial charge in [-0.2, -0.15) is 0 Å². The molecule has 1 aliphatic heterocycles. The van der Waals surface area contributed by atoms with Gasteiger partial charge in [-0.25, -0.2) is 9.97 Å². The van der Waals surface area contributed by atoms with E-state index in [2.05, 4.69) is 70.9 Å². The zero-order valence-corrected chi connectivity index (χ0v) is 30.3. The van der Waals surface area contributed by atoms with Crippen LogP contribution >= 0.6 is 11.3 Å². The fourth-order valence-corrected chi connectivity index (χ4v) is 6.57. The van der Waals surface area contributed by atoms with Crippen LogP contribution in [0, 0.1) is 6.92 Å². The number of anilines is 1. The maximum Gasteiger partial charge on any atom is 0.222 e. The second kappa shape index (κ2) is 19.5. The Balaban J connectivity index is 1.31. The van der Waals surface area contributed by atoms with Gasteiger partial charge < -0.3 is 39.1 Å². The fourth-order valence-electron chi connectivity index (χ4n) is 5.50. The van der Waals surface area contributed by atoms with Crippen LogP contribution in [0.25, 0.3) is 21.3 Å². The Morgan fingerprint density at radius 1 is 0.900 bits per heavy atom. The van der Waals surface area contributed by atoms with Crippen molar-refractivity contribution in [3.05, 3.63) is 64.8 Å². The molecule has 5 rings (SSSR count). The molecule has 4 aromatic rings. The Bertz CT molecular complexity index is 1670. The van der Waals surface area contributed by atoms with Gasteiger partial charge in [-0.3, -0.25) is 9.69 Å². The van der Waals surface area contributed by atoms with E-state index < -0.39 is 0 Å². The van der Waals surface area contributed by atoms with Crippen molar-refractivity contribution < 1.29 is 33.2 Å². The molecule has 50 heavy (non-hydrogen) atoms. The Hall–Kier alpha value is -3.85. The normalized spacial score (nSPS) is 18.9. The molecule has 0 radical (unpaired) electrons. The smallest absolute Gasteiger partial charge is 0.222 e. The van der Waals surface area contributed by atoms with Crippen molar-refractivity contribution in [3.8, 4) is 21.9 Å². The maximum atomic E-state index is 12.2. The number of methoxy groups -OCH3 is 1. The van der Waals surface area contributed by atoms with Crippen molar-refractivity contribution in [2.24, 2.45) is 0 Å². The number of benzene rings is 2. The van der Waals surface area contributed by atoms with E-state index >= 15 is 0 Å². The molecule has 2 aromatic carbocycles. The summed E-state index contributed by atoms with van der Waals surface area (Å²) in [4.78, 5) is 26.2. The quantitative estimate of drug-likeness (QED) is 0.270. The summed E-state index contributed by atoms with van der Waals surface area (Å²) < 4.78 is 34.3. The molecule has 0 spiro atoms. The third-order valence-electron chi connectivity index (χ3n) is 8.11. The third-order valence-corrected chi connectivity index (χ3v) is 9.41. The number of carbonyl (C=O) groups is 1. The summed E-state index contributed by atoms with van der Waals surface area (Å²) in [6.45, 7) is 9.83. The summed E-state index contributed by atoms with van der Waals surface area (Å²) in [6, 6.07) is 16.7. The molecule has 0 saturated carbocycles. The van der Waals surface area contributed by atoms with Gasteiger partial charge in [0.1, 0.15) is 18.2 Å². The van der Waals surface area contributed by atoms with E-state index in [1.165, 1.54) is 20.9 Å². The average molecular weight is 708 g/mol. The second-order valence-corrected chi connectivity index (χ2v) is 13.1. The highest BCUT2D eigenvalue weighted by Gasteiger charge is 2.17. The van der Waals surface area contributed by atoms with E-state index in [0.717, 1.165) is 29.8 Å². The number of aromatic nitrogens is 2. The van der Waals surface area contributed by atoms with Crippen LogP contribution in [0.2, 0.25) is 0 Å². The van der Waals surface area contributed by atoms with Gasteiger partial charge in [-0.05, 0) is 50.2 Å². The zero-order valence-electron chi connectivity index (χ0n) is 29.5. The lowest BCUT2D eigenvalue weighted by atomic mass is 10.1. The maximum absolute atomic E-state index is 12.2. The lowest BCUT2D eigenvalue weighted by Crippen LogP contribution is -2.29. The van der Waals surface area contributed by atoms with E-state index in [-0.39, 0.29) is 11.9 Å². The van der Waals surface area contributed by atoms with Crippen molar-refractivity contribution >= 4 is 34.0 Å². The molecule has 0 saturated heterocycles. The largest absolute Gasteiger partial charge is 0.493 e. The number of nitrogens with zero attached hydrogens (tertiary/aromatic N) is 3. The molecule has 270 valence electrons. The molecular weight excluding hydrogens is 659 g/mol. The van der Waals surface area contributed by atoms with Crippen molar-refractivity contribution in [1.82, 2.24) is 20.2 Å². The first-order valence-electron chi connectivity index (χ1n) is 17.1. The second-order valence-electron chi connectivity index (χ2n) is 12.0. The number of hydrogen-bond acceptors (Lipinski definition) is 12. The number of nitrogens with one attached hydrogen (secondary N) is 2. The van der Waals surface area contributed by atoms with Gasteiger partial charge in [-0.1, -0.05) is 24.3 Å². The van der Waals surface area contributed by atoms with Crippen LogP contribution in [0.4, 0.5) is 5.82 Å². The van der Waals surface area contributed by atoms with Gasteiger partial charge in [0.25, 0.3) is 0 Å². The number of rotatable bonds is 1. The minimum atomic E-state index is -0.0503. The van der Waals surface area contributed by atoms with Crippen LogP contribution in [0.5, 0.6) is 11.5 Å². The topological polar surface area (TPSA) is 126 Å². The Morgan fingerprint density at radius 3 is 2.44 bits per heavy atom. The van der Waals surface area contributed by atoms with E-state index in [9.17, 15) is 4.79 Å². The van der Waals surface area contributed by atoms with Crippen LogP contribution in [-0.4, -0.2) is 107 Å². The van der Waals surface area contributed by atoms with Crippen LogP contribution < -0.4 is 20.1 Å². The highest BCUT2D eigenvalue weighted by atomic mass is 32.1. The van der Waals surface area contributed by atoms with Crippen molar-refractivity contribution in [2.45, 2.75) is 32.9 Å². The van der Waals surface area contributed by atoms with E-state index in [1.54, 1.807) is 18.4 Å².